The highest BCUT2D eigenvalue weighted by molar-refractivity contribution is 9.10. The zero-order valence-corrected chi connectivity index (χ0v) is 13.9. The Labute approximate surface area is 137 Å². The summed E-state index contributed by atoms with van der Waals surface area (Å²) in [5.41, 5.74) is 0.0893. The number of phenols is 1. The number of rotatable bonds is 5. The highest BCUT2D eigenvalue weighted by Crippen LogP contribution is 2.21. The summed E-state index contributed by atoms with van der Waals surface area (Å²) in [6.07, 6.45) is 0. The van der Waals surface area contributed by atoms with Crippen LogP contribution in [0.3, 0.4) is 0 Å². The number of sulfone groups is 1. The van der Waals surface area contributed by atoms with Gasteiger partial charge < -0.3 is 10.4 Å². The molecule has 2 rings (SSSR count). The Morgan fingerprint density at radius 2 is 1.82 bits per heavy atom. The van der Waals surface area contributed by atoms with E-state index < -0.39 is 15.7 Å². The average Bonchev–Trinajstić information content (AvgIpc) is 2.50. The van der Waals surface area contributed by atoms with Gasteiger partial charge in [-0.2, -0.15) is 0 Å². The molecule has 0 unspecified atom stereocenters. The molecule has 0 aliphatic carbocycles. The van der Waals surface area contributed by atoms with Crippen molar-refractivity contribution in [3.8, 4) is 5.75 Å². The van der Waals surface area contributed by atoms with Gasteiger partial charge in [0.1, 0.15) is 5.75 Å². The maximum Gasteiger partial charge on any atom is 0.255 e. The molecule has 2 aromatic rings. The Hall–Kier alpha value is -1.86. The zero-order chi connectivity index (χ0) is 16.2. The fourth-order valence-corrected chi connectivity index (χ4v) is 3.37. The van der Waals surface area contributed by atoms with Gasteiger partial charge in [0.05, 0.1) is 16.2 Å². The van der Waals surface area contributed by atoms with Gasteiger partial charge in [0.2, 0.25) is 0 Å². The van der Waals surface area contributed by atoms with Crippen LogP contribution >= 0.6 is 15.9 Å². The number of aromatic hydroxyl groups is 1. The number of halogens is 1. The SMILES string of the molecule is O=C(NCCS(=O)(=O)c1ccccc1)c1cc(Br)ccc1O. The fourth-order valence-electron chi connectivity index (χ4n) is 1.83. The second kappa shape index (κ2) is 6.93. The van der Waals surface area contributed by atoms with Crippen LogP contribution in [0, 0.1) is 0 Å². The standard InChI is InChI=1S/C15H14BrNO4S/c16-11-6-7-14(18)13(10-11)15(19)17-8-9-22(20,21)12-4-2-1-3-5-12/h1-7,10,18H,8-9H2,(H,17,19). The second-order valence-corrected chi connectivity index (χ2v) is 7.57. The van der Waals surface area contributed by atoms with E-state index >= 15 is 0 Å². The van der Waals surface area contributed by atoms with Crippen LogP contribution in [0.5, 0.6) is 5.75 Å². The summed E-state index contributed by atoms with van der Waals surface area (Å²) in [4.78, 5) is 12.2. The molecule has 7 heteroatoms. The third-order valence-electron chi connectivity index (χ3n) is 2.96. The molecule has 0 saturated carbocycles. The van der Waals surface area contributed by atoms with Crippen molar-refractivity contribution in [2.45, 2.75) is 4.90 Å². The summed E-state index contributed by atoms with van der Waals surface area (Å²) in [6, 6.07) is 12.5. The predicted molar refractivity (Wildman–Crippen MR) is 86.6 cm³/mol. The van der Waals surface area contributed by atoms with Gasteiger partial charge in [-0.3, -0.25) is 4.79 Å². The lowest BCUT2D eigenvalue weighted by Gasteiger charge is -2.08. The lowest BCUT2D eigenvalue weighted by Crippen LogP contribution is -2.29. The van der Waals surface area contributed by atoms with Gasteiger partial charge in [-0.1, -0.05) is 34.1 Å². The van der Waals surface area contributed by atoms with E-state index in [4.69, 9.17) is 0 Å². The van der Waals surface area contributed by atoms with E-state index in [2.05, 4.69) is 21.2 Å². The number of amides is 1. The molecule has 116 valence electrons. The minimum absolute atomic E-state index is 0.0397. The Morgan fingerprint density at radius 1 is 1.14 bits per heavy atom. The predicted octanol–water partition coefficient (Wildman–Crippen LogP) is 2.36. The highest BCUT2D eigenvalue weighted by Gasteiger charge is 2.16. The maximum absolute atomic E-state index is 12.1. The monoisotopic (exact) mass is 383 g/mol. The molecule has 2 aromatic carbocycles. The molecule has 22 heavy (non-hydrogen) atoms. The van der Waals surface area contributed by atoms with Gasteiger partial charge in [0.15, 0.2) is 9.84 Å². The van der Waals surface area contributed by atoms with E-state index in [0.717, 1.165) is 0 Å². The van der Waals surface area contributed by atoms with Crippen molar-refractivity contribution in [3.05, 3.63) is 58.6 Å². The molecule has 0 radical (unpaired) electrons. The number of phenolic OH excluding ortho intramolecular Hbond substituents is 1. The Morgan fingerprint density at radius 3 is 2.50 bits per heavy atom. The van der Waals surface area contributed by atoms with Crippen molar-refractivity contribution in [1.29, 1.82) is 0 Å². The summed E-state index contributed by atoms with van der Waals surface area (Å²) in [5.74, 6) is -0.897. The van der Waals surface area contributed by atoms with Crippen molar-refractivity contribution >= 4 is 31.7 Å². The first-order valence-corrected chi connectivity index (χ1v) is 8.89. The molecule has 0 heterocycles. The minimum Gasteiger partial charge on any atom is -0.507 e. The summed E-state index contributed by atoms with van der Waals surface area (Å²) in [6.45, 7) is -0.0397. The molecule has 0 saturated heterocycles. The van der Waals surface area contributed by atoms with Crippen LogP contribution < -0.4 is 5.32 Å². The highest BCUT2D eigenvalue weighted by atomic mass is 79.9. The van der Waals surface area contributed by atoms with Crippen molar-refractivity contribution in [1.82, 2.24) is 5.32 Å². The molecule has 0 spiro atoms. The molecule has 2 N–H and O–H groups in total. The largest absolute Gasteiger partial charge is 0.507 e. The van der Waals surface area contributed by atoms with Crippen LogP contribution in [0.15, 0.2) is 57.9 Å². The Bertz CT molecular complexity index is 775. The fraction of sp³-hybridized carbons (Fsp3) is 0.133. The number of benzene rings is 2. The topological polar surface area (TPSA) is 83.5 Å². The average molecular weight is 384 g/mol. The van der Waals surface area contributed by atoms with Crippen LogP contribution in [0.4, 0.5) is 0 Å². The molecular weight excluding hydrogens is 370 g/mol. The Kier molecular flexibility index (Phi) is 5.20. The van der Waals surface area contributed by atoms with Crippen LogP contribution in [0.1, 0.15) is 10.4 Å². The summed E-state index contributed by atoms with van der Waals surface area (Å²) in [7, 11) is -3.44. The Balaban J connectivity index is 1.99. The lowest BCUT2D eigenvalue weighted by molar-refractivity contribution is 0.0953. The molecule has 0 bridgehead atoms. The molecule has 0 aliphatic heterocycles. The molecule has 0 atom stereocenters. The van der Waals surface area contributed by atoms with Gasteiger partial charge >= 0.3 is 0 Å². The third-order valence-corrected chi connectivity index (χ3v) is 5.19. The van der Waals surface area contributed by atoms with Crippen molar-refractivity contribution in [3.63, 3.8) is 0 Å². The minimum atomic E-state index is -3.44. The summed E-state index contributed by atoms with van der Waals surface area (Å²) < 4.78 is 24.8. The van der Waals surface area contributed by atoms with Gasteiger partial charge in [-0.25, -0.2) is 8.42 Å². The number of carbonyl (C=O) groups is 1. The van der Waals surface area contributed by atoms with Gasteiger partial charge in [0, 0.05) is 11.0 Å². The van der Waals surface area contributed by atoms with Crippen molar-refractivity contribution < 1.29 is 18.3 Å². The van der Waals surface area contributed by atoms with E-state index in [1.165, 1.54) is 24.3 Å². The van der Waals surface area contributed by atoms with E-state index in [1.807, 2.05) is 0 Å². The van der Waals surface area contributed by atoms with Crippen LogP contribution in [-0.4, -0.2) is 31.7 Å². The van der Waals surface area contributed by atoms with E-state index in [9.17, 15) is 18.3 Å². The van der Waals surface area contributed by atoms with E-state index in [0.29, 0.717) is 4.47 Å². The summed E-state index contributed by atoms with van der Waals surface area (Å²) >= 11 is 3.21. The molecule has 5 nitrogen and oxygen atoms in total. The number of hydrogen-bond acceptors (Lipinski definition) is 4. The third kappa shape index (κ3) is 4.08. The van der Waals surface area contributed by atoms with Crippen molar-refractivity contribution in [2.75, 3.05) is 12.3 Å². The number of nitrogens with one attached hydrogen (secondary N) is 1. The quantitative estimate of drug-likeness (QED) is 0.829. The number of carbonyl (C=O) groups excluding carboxylic acids is 1. The first kappa shape index (κ1) is 16.5. The van der Waals surface area contributed by atoms with Crippen molar-refractivity contribution in [2.24, 2.45) is 0 Å². The van der Waals surface area contributed by atoms with Gasteiger partial charge in [-0.15, -0.1) is 0 Å². The molecule has 0 aliphatic rings. The first-order chi connectivity index (χ1) is 10.4. The van der Waals surface area contributed by atoms with Gasteiger partial charge in [-0.05, 0) is 30.3 Å². The zero-order valence-electron chi connectivity index (χ0n) is 11.5. The smallest absolute Gasteiger partial charge is 0.255 e. The first-order valence-electron chi connectivity index (χ1n) is 6.45. The normalized spacial score (nSPS) is 11.1. The van der Waals surface area contributed by atoms with E-state index in [1.54, 1.807) is 24.3 Å². The van der Waals surface area contributed by atoms with Crippen LogP contribution in [0.25, 0.3) is 0 Å². The lowest BCUT2D eigenvalue weighted by atomic mass is 10.2. The van der Waals surface area contributed by atoms with Crippen LogP contribution in [-0.2, 0) is 9.84 Å². The molecule has 0 fully saturated rings. The van der Waals surface area contributed by atoms with E-state index in [-0.39, 0.29) is 28.5 Å². The number of hydrogen-bond donors (Lipinski definition) is 2. The molecular formula is C15H14BrNO4S. The summed E-state index contributed by atoms with van der Waals surface area (Å²) in [5, 5.41) is 12.1. The maximum atomic E-state index is 12.1. The van der Waals surface area contributed by atoms with Gasteiger partial charge in [0.25, 0.3) is 5.91 Å². The molecule has 1 amide bonds. The second-order valence-electron chi connectivity index (χ2n) is 4.55. The van der Waals surface area contributed by atoms with Crippen LogP contribution in [0.2, 0.25) is 0 Å². The molecule has 0 aromatic heterocycles.